The van der Waals surface area contributed by atoms with Crippen molar-refractivity contribution in [3.8, 4) is 5.75 Å². The van der Waals surface area contributed by atoms with Crippen LogP contribution in [0.3, 0.4) is 0 Å². The molecule has 1 saturated heterocycles. The molecule has 21 heavy (non-hydrogen) atoms. The highest BCUT2D eigenvalue weighted by atomic mass is 16.7. The summed E-state index contributed by atoms with van der Waals surface area (Å²) in [4.78, 5) is 11.0. The van der Waals surface area contributed by atoms with Gasteiger partial charge in [0.2, 0.25) is 6.29 Å². The maximum Gasteiger partial charge on any atom is 0.335 e. The molecule has 1 fully saturated rings. The van der Waals surface area contributed by atoms with Crippen LogP contribution in [-0.4, -0.2) is 57.1 Å². The van der Waals surface area contributed by atoms with Gasteiger partial charge in [-0.05, 0) is 24.1 Å². The molecule has 0 amide bonds. The first kappa shape index (κ1) is 15.7. The molecule has 2 rings (SSSR count). The van der Waals surface area contributed by atoms with Crippen molar-refractivity contribution in [1.82, 2.24) is 0 Å². The fourth-order valence-electron chi connectivity index (χ4n) is 2.09. The lowest BCUT2D eigenvalue weighted by molar-refractivity contribution is -0.271. The van der Waals surface area contributed by atoms with Gasteiger partial charge in [0.15, 0.2) is 6.10 Å². The zero-order chi connectivity index (χ0) is 15.6. The highest BCUT2D eigenvalue weighted by Crippen LogP contribution is 2.24. The van der Waals surface area contributed by atoms with Gasteiger partial charge >= 0.3 is 5.97 Å². The highest BCUT2D eigenvalue weighted by molar-refractivity contribution is 5.73. The summed E-state index contributed by atoms with van der Waals surface area (Å²) in [7, 11) is 0. The molecule has 5 unspecified atom stereocenters. The van der Waals surface area contributed by atoms with Crippen LogP contribution >= 0.6 is 0 Å². The third kappa shape index (κ3) is 3.33. The number of benzene rings is 1. The summed E-state index contributed by atoms with van der Waals surface area (Å²) in [6, 6.07) is 6.96. The lowest BCUT2D eigenvalue weighted by Crippen LogP contribution is -2.61. The molecule has 5 atom stereocenters. The monoisotopic (exact) mass is 298 g/mol. The van der Waals surface area contributed by atoms with Crippen molar-refractivity contribution < 1.29 is 34.7 Å². The standard InChI is InChI=1S/C14H18O7/c1-2-7-3-5-8(6-4-7)20-14-11(17)9(15)10(16)12(21-14)13(18)19/h3-6,9-12,14-17H,2H2,1H3,(H,18,19). The molecule has 0 spiro atoms. The SMILES string of the molecule is CCc1ccc(OC2OC(C(=O)O)C(O)C(O)C2O)cc1. The van der Waals surface area contributed by atoms with E-state index in [-0.39, 0.29) is 0 Å². The largest absolute Gasteiger partial charge is 0.479 e. The van der Waals surface area contributed by atoms with Crippen LogP contribution in [0.15, 0.2) is 24.3 Å². The summed E-state index contributed by atoms with van der Waals surface area (Å²) in [6.45, 7) is 2.00. The van der Waals surface area contributed by atoms with E-state index < -0.39 is 36.7 Å². The van der Waals surface area contributed by atoms with Crippen LogP contribution in [0.2, 0.25) is 0 Å². The summed E-state index contributed by atoms with van der Waals surface area (Å²) in [6.07, 6.45) is -7.13. The van der Waals surface area contributed by atoms with Crippen molar-refractivity contribution in [3.63, 3.8) is 0 Å². The minimum atomic E-state index is -1.72. The second-order valence-electron chi connectivity index (χ2n) is 4.85. The normalized spacial score (nSPS) is 32.7. The second kappa shape index (κ2) is 6.40. The lowest BCUT2D eigenvalue weighted by Gasteiger charge is -2.38. The molecule has 0 radical (unpaired) electrons. The Morgan fingerprint density at radius 1 is 1.14 bits per heavy atom. The Balaban J connectivity index is 2.11. The molecule has 116 valence electrons. The smallest absolute Gasteiger partial charge is 0.335 e. The molecule has 0 bridgehead atoms. The Bertz CT molecular complexity index is 487. The van der Waals surface area contributed by atoms with Gasteiger partial charge in [0.05, 0.1) is 0 Å². The van der Waals surface area contributed by atoms with Crippen molar-refractivity contribution in [2.24, 2.45) is 0 Å². The zero-order valence-electron chi connectivity index (χ0n) is 11.4. The van der Waals surface area contributed by atoms with Gasteiger partial charge in [-0.25, -0.2) is 4.79 Å². The van der Waals surface area contributed by atoms with Gasteiger partial charge in [0.25, 0.3) is 0 Å². The number of carboxylic acids is 1. The Morgan fingerprint density at radius 2 is 1.76 bits per heavy atom. The van der Waals surface area contributed by atoms with E-state index in [4.69, 9.17) is 14.6 Å². The van der Waals surface area contributed by atoms with Crippen LogP contribution in [0.4, 0.5) is 0 Å². The van der Waals surface area contributed by atoms with Crippen LogP contribution in [0.25, 0.3) is 0 Å². The van der Waals surface area contributed by atoms with E-state index >= 15 is 0 Å². The first-order valence-electron chi connectivity index (χ1n) is 6.62. The summed E-state index contributed by atoms with van der Waals surface area (Å²) in [5.74, 6) is -1.08. The predicted octanol–water partition coefficient (Wildman–Crippen LogP) is -0.480. The molecule has 1 aliphatic heterocycles. The van der Waals surface area contributed by atoms with Crippen LogP contribution in [0.1, 0.15) is 12.5 Å². The third-order valence-corrected chi connectivity index (χ3v) is 3.40. The number of hydrogen-bond acceptors (Lipinski definition) is 6. The van der Waals surface area contributed by atoms with Crippen molar-refractivity contribution >= 4 is 5.97 Å². The third-order valence-electron chi connectivity index (χ3n) is 3.40. The molecule has 0 aromatic heterocycles. The lowest BCUT2D eigenvalue weighted by atomic mass is 9.99. The van der Waals surface area contributed by atoms with E-state index in [9.17, 15) is 20.1 Å². The number of aliphatic carboxylic acids is 1. The number of carboxylic acid groups (broad SMARTS) is 1. The van der Waals surface area contributed by atoms with Gasteiger partial charge in [-0.15, -0.1) is 0 Å². The van der Waals surface area contributed by atoms with Crippen molar-refractivity contribution in [1.29, 1.82) is 0 Å². The summed E-state index contributed by atoms with van der Waals surface area (Å²) in [5.41, 5.74) is 1.09. The number of ether oxygens (including phenoxy) is 2. The molecule has 0 aliphatic carbocycles. The molecule has 4 N–H and O–H groups in total. The van der Waals surface area contributed by atoms with Gasteiger partial charge in [0.1, 0.15) is 24.1 Å². The summed E-state index contributed by atoms with van der Waals surface area (Å²) in [5, 5.41) is 38.0. The molecule has 7 heteroatoms. The summed E-state index contributed by atoms with van der Waals surface area (Å²) < 4.78 is 10.4. The summed E-state index contributed by atoms with van der Waals surface area (Å²) >= 11 is 0. The number of aliphatic hydroxyl groups excluding tert-OH is 3. The first-order valence-corrected chi connectivity index (χ1v) is 6.62. The van der Waals surface area contributed by atoms with Crippen LogP contribution in [0, 0.1) is 0 Å². The van der Waals surface area contributed by atoms with E-state index in [0.29, 0.717) is 5.75 Å². The molecular weight excluding hydrogens is 280 g/mol. The number of aryl methyl sites for hydroxylation is 1. The first-order chi connectivity index (χ1) is 9.93. The van der Waals surface area contributed by atoms with Crippen LogP contribution < -0.4 is 4.74 Å². The second-order valence-corrected chi connectivity index (χ2v) is 4.85. The molecule has 1 aromatic carbocycles. The average molecular weight is 298 g/mol. The molecule has 7 nitrogen and oxygen atoms in total. The Labute approximate surface area is 121 Å². The van der Waals surface area contributed by atoms with Crippen molar-refractivity contribution in [3.05, 3.63) is 29.8 Å². The molecule has 1 aliphatic rings. The van der Waals surface area contributed by atoms with Crippen LogP contribution in [0.5, 0.6) is 5.75 Å². The minimum absolute atomic E-state index is 0.365. The van der Waals surface area contributed by atoms with E-state index in [2.05, 4.69) is 0 Å². The predicted molar refractivity (Wildman–Crippen MR) is 70.8 cm³/mol. The van der Waals surface area contributed by atoms with E-state index in [1.165, 1.54) is 0 Å². The Hall–Kier alpha value is -1.67. The molecule has 1 heterocycles. The molecule has 0 saturated carbocycles. The number of aliphatic hydroxyl groups is 3. The Kier molecular flexibility index (Phi) is 4.79. The van der Waals surface area contributed by atoms with Crippen molar-refractivity contribution in [2.75, 3.05) is 0 Å². The maximum atomic E-state index is 11.0. The van der Waals surface area contributed by atoms with E-state index in [0.717, 1.165) is 12.0 Å². The minimum Gasteiger partial charge on any atom is -0.479 e. The van der Waals surface area contributed by atoms with Crippen LogP contribution in [-0.2, 0) is 16.0 Å². The quantitative estimate of drug-likeness (QED) is 0.593. The Morgan fingerprint density at radius 3 is 2.29 bits per heavy atom. The number of hydrogen-bond donors (Lipinski definition) is 4. The number of rotatable bonds is 4. The van der Waals surface area contributed by atoms with Gasteiger partial charge in [-0.2, -0.15) is 0 Å². The van der Waals surface area contributed by atoms with Gasteiger partial charge in [-0.1, -0.05) is 19.1 Å². The van der Waals surface area contributed by atoms with E-state index in [1.54, 1.807) is 12.1 Å². The fraction of sp³-hybridized carbons (Fsp3) is 0.500. The highest BCUT2D eigenvalue weighted by Gasteiger charge is 2.48. The maximum absolute atomic E-state index is 11.0. The average Bonchev–Trinajstić information content (AvgIpc) is 2.48. The van der Waals surface area contributed by atoms with Gasteiger partial charge in [-0.3, -0.25) is 0 Å². The number of carbonyl (C=O) groups is 1. The zero-order valence-corrected chi connectivity index (χ0v) is 11.4. The van der Waals surface area contributed by atoms with Crippen molar-refractivity contribution in [2.45, 2.75) is 44.1 Å². The molecular formula is C14H18O7. The van der Waals surface area contributed by atoms with Gasteiger partial charge < -0.3 is 29.9 Å². The fourth-order valence-corrected chi connectivity index (χ4v) is 2.09. The van der Waals surface area contributed by atoms with E-state index in [1.807, 2.05) is 19.1 Å². The van der Waals surface area contributed by atoms with Gasteiger partial charge in [0, 0.05) is 0 Å². The topological polar surface area (TPSA) is 116 Å². The molecule has 1 aromatic rings.